The summed E-state index contributed by atoms with van der Waals surface area (Å²) in [5.41, 5.74) is 2.12. The molecule has 0 aromatic carbocycles. The Balaban J connectivity index is 2.56. The normalized spacial score (nSPS) is 19.8. The number of pyridine rings is 1. The Morgan fingerprint density at radius 3 is 3.09 bits per heavy atom. The highest BCUT2D eigenvalue weighted by Crippen LogP contribution is 2.33. The maximum absolute atomic E-state index is 5.55. The second-order valence-corrected chi connectivity index (χ2v) is 3.31. The molecule has 0 saturated carbocycles. The third-order valence-corrected chi connectivity index (χ3v) is 2.05. The molecular weight excluding hydrogens is 138 g/mol. The van der Waals surface area contributed by atoms with E-state index in [1.165, 1.54) is 5.56 Å². The van der Waals surface area contributed by atoms with E-state index in [0.717, 1.165) is 5.69 Å². The van der Waals surface area contributed by atoms with Crippen molar-refractivity contribution in [1.82, 2.24) is 4.98 Å². The van der Waals surface area contributed by atoms with Crippen molar-refractivity contribution in [2.45, 2.75) is 26.1 Å². The first-order chi connectivity index (χ1) is 5.20. The minimum absolute atomic E-state index is 0.184. The summed E-state index contributed by atoms with van der Waals surface area (Å²) in [5.74, 6) is 0. The minimum Gasteiger partial charge on any atom is -0.365 e. The van der Waals surface area contributed by atoms with Gasteiger partial charge in [-0.1, -0.05) is 6.07 Å². The summed E-state index contributed by atoms with van der Waals surface area (Å²) < 4.78 is 5.55. The molecule has 0 saturated heterocycles. The Bertz CT molecular complexity index is 281. The van der Waals surface area contributed by atoms with E-state index in [9.17, 15) is 0 Å². The zero-order valence-electron chi connectivity index (χ0n) is 6.79. The standard InChI is InChI=1S/C9H11NO/c1-9(2)8-7(6-11-9)4-3-5-10-8/h3-5H,6H2,1-2H3. The van der Waals surface area contributed by atoms with Crippen LogP contribution in [0.2, 0.25) is 0 Å². The van der Waals surface area contributed by atoms with Crippen molar-refractivity contribution in [3.8, 4) is 0 Å². The molecule has 2 rings (SSSR count). The number of hydrogen-bond donors (Lipinski definition) is 0. The topological polar surface area (TPSA) is 22.1 Å². The average molecular weight is 149 g/mol. The van der Waals surface area contributed by atoms with Crippen molar-refractivity contribution in [3.63, 3.8) is 0 Å². The van der Waals surface area contributed by atoms with Crippen LogP contribution in [0.5, 0.6) is 0 Å². The monoisotopic (exact) mass is 149 g/mol. The summed E-state index contributed by atoms with van der Waals surface area (Å²) in [4.78, 5) is 4.29. The summed E-state index contributed by atoms with van der Waals surface area (Å²) in [6, 6.07) is 4.01. The Labute approximate surface area is 66.2 Å². The van der Waals surface area contributed by atoms with E-state index in [1.54, 1.807) is 0 Å². The Morgan fingerprint density at radius 1 is 1.55 bits per heavy atom. The number of hydrogen-bond acceptors (Lipinski definition) is 2. The van der Waals surface area contributed by atoms with E-state index >= 15 is 0 Å². The molecule has 0 radical (unpaired) electrons. The molecule has 0 spiro atoms. The van der Waals surface area contributed by atoms with E-state index in [1.807, 2.05) is 26.1 Å². The Hall–Kier alpha value is -0.890. The molecule has 0 amide bonds. The van der Waals surface area contributed by atoms with E-state index in [0.29, 0.717) is 6.61 Å². The lowest BCUT2D eigenvalue weighted by Crippen LogP contribution is -2.15. The summed E-state index contributed by atoms with van der Waals surface area (Å²) in [6.45, 7) is 4.80. The Kier molecular flexibility index (Phi) is 1.26. The highest BCUT2D eigenvalue weighted by molar-refractivity contribution is 5.27. The van der Waals surface area contributed by atoms with Crippen molar-refractivity contribution in [2.24, 2.45) is 0 Å². The zero-order chi connectivity index (χ0) is 7.90. The van der Waals surface area contributed by atoms with E-state index in [-0.39, 0.29) is 5.60 Å². The van der Waals surface area contributed by atoms with Crippen LogP contribution in [0.4, 0.5) is 0 Å². The van der Waals surface area contributed by atoms with Gasteiger partial charge in [0.05, 0.1) is 12.3 Å². The Morgan fingerprint density at radius 2 is 2.36 bits per heavy atom. The van der Waals surface area contributed by atoms with Crippen LogP contribution in [0.3, 0.4) is 0 Å². The highest BCUT2D eigenvalue weighted by atomic mass is 16.5. The van der Waals surface area contributed by atoms with E-state index < -0.39 is 0 Å². The number of rotatable bonds is 0. The molecule has 0 bridgehead atoms. The largest absolute Gasteiger partial charge is 0.365 e. The quantitative estimate of drug-likeness (QED) is 0.561. The molecule has 0 unspecified atom stereocenters. The van der Waals surface area contributed by atoms with Gasteiger partial charge in [-0.2, -0.15) is 0 Å². The number of nitrogens with zero attached hydrogens (tertiary/aromatic N) is 1. The lowest BCUT2D eigenvalue weighted by molar-refractivity contribution is -0.0101. The van der Waals surface area contributed by atoms with Crippen molar-refractivity contribution >= 4 is 0 Å². The van der Waals surface area contributed by atoms with Crippen LogP contribution in [0.15, 0.2) is 18.3 Å². The summed E-state index contributed by atoms with van der Waals surface area (Å²) in [7, 11) is 0. The number of aromatic nitrogens is 1. The predicted molar refractivity (Wildman–Crippen MR) is 42.1 cm³/mol. The molecule has 58 valence electrons. The lowest BCUT2D eigenvalue weighted by atomic mass is 10.0. The van der Waals surface area contributed by atoms with Gasteiger partial charge in [0.15, 0.2) is 0 Å². The summed E-state index contributed by atoms with van der Waals surface area (Å²) >= 11 is 0. The molecule has 0 fully saturated rings. The lowest BCUT2D eigenvalue weighted by Gasteiger charge is -2.16. The molecule has 1 aliphatic heterocycles. The molecule has 0 N–H and O–H groups in total. The van der Waals surface area contributed by atoms with Gasteiger partial charge < -0.3 is 4.74 Å². The molecule has 1 aromatic rings. The molecule has 11 heavy (non-hydrogen) atoms. The van der Waals surface area contributed by atoms with Crippen LogP contribution in [0.1, 0.15) is 25.1 Å². The van der Waals surface area contributed by atoms with Gasteiger partial charge in [-0.25, -0.2) is 0 Å². The predicted octanol–water partition coefficient (Wildman–Crippen LogP) is 1.85. The van der Waals surface area contributed by atoms with Crippen LogP contribution in [0, 0.1) is 0 Å². The van der Waals surface area contributed by atoms with Gasteiger partial charge in [0, 0.05) is 11.8 Å². The SMILES string of the molecule is CC1(C)OCc2cccnc21. The summed E-state index contributed by atoms with van der Waals surface area (Å²) in [6.07, 6.45) is 1.81. The van der Waals surface area contributed by atoms with Crippen molar-refractivity contribution < 1.29 is 4.74 Å². The molecule has 2 heterocycles. The molecular formula is C9H11NO. The average Bonchev–Trinajstić information content (AvgIpc) is 2.29. The van der Waals surface area contributed by atoms with Gasteiger partial charge in [0.2, 0.25) is 0 Å². The molecule has 0 aliphatic carbocycles. The van der Waals surface area contributed by atoms with Crippen LogP contribution < -0.4 is 0 Å². The highest BCUT2D eigenvalue weighted by Gasteiger charge is 2.31. The first kappa shape index (κ1) is 6.80. The molecule has 2 heteroatoms. The van der Waals surface area contributed by atoms with Crippen LogP contribution in [-0.2, 0) is 16.9 Å². The minimum atomic E-state index is -0.184. The van der Waals surface area contributed by atoms with Crippen molar-refractivity contribution in [2.75, 3.05) is 0 Å². The van der Waals surface area contributed by atoms with Gasteiger partial charge in [-0.3, -0.25) is 4.98 Å². The second-order valence-electron chi connectivity index (χ2n) is 3.31. The third kappa shape index (κ3) is 0.942. The molecule has 2 nitrogen and oxygen atoms in total. The third-order valence-electron chi connectivity index (χ3n) is 2.05. The van der Waals surface area contributed by atoms with Crippen molar-refractivity contribution in [3.05, 3.63) is 29.6 Å². The maximum atomic E-state index is 5.55. The second kappa shape index (κ2) is 2.05. The van der Waals surface area contributed by atoms with Gasteiger partial charge in [0.1, 0.15) is 5.60 Å². The van der Waals surface area contributed by atoms with Crippen molar-refractivity contribution in [1.29, 1.82) is 0 Å². The fraction of sp³-hybridized carbons (Fsp3) is 0.444. The first-order valence-electron chi connectivity index (χ1n) is 3.78. The van der Waals surface area contributed by atoms with Gasteiger partial charge >= 0.3 is 0 Å². The maximum Gasteiger partial charge on any atom is 0.105 e. The van der Waals surface area contributed by atoms with Crippen LogP contribution in [0.25, 0.3) is 0 Å². The molecule has 1 aliphatic rings. The smallest absolute Gasteiger partial charge is 0.105 e. The fourth-order valence-corrected chi connectivity index (χ4v) is 1.42. The first-order valence-corrected chi connectivity index (χ1v) is 3.78. The van der Waals surface area contributed by atoms with Crippen LogP contribution in [-0.4, -0.2) is 4.98 Å². The molecule has 0 atom stereocenters. The number of fused-ring (bicyclic) bond motifs is 1. The molecule has 1 aromatic heterocycles. The van der Waals surface area contributed by atoms with Gasteiger partial charge in [-0.05, 0) is 19.9 Å². The van der Waals surface area contributed by atoms with E-state index in [4.69, 9.17) is 4.74 Å². The van der Waals surface area contributed by atoms with E-state index in [2.05, 4.69) is 11.1 Å². The van der Waals surface area contributed by atoms with Crippen LogP contribution >= 0.6 is 0 Å². The zero-order valence-corrected chi connectivity index (χ0v) is 6.79. The van der Waals surface area contributed by atoms with Gasteiger partial charge in [0.25, 0.3) is 0 Å². The fourth-order valence-electron chi connectivity index (χ4n) is 1.42. The summed E-state index contributed by atoms with van der Waals surface area (Å²) in [5, 5.41) is 0. The number of ether oxygens (including phenoxy) is 1. The van der Waals surface area contributed by atoms with Gasteiger partial charge in [-0.15, -0.1) is 0 Å².